The predicted molar refractivity (Wildman–Crippen MR) is 92.5 cm³/mol. The number of halogens is 2. The smallest absolute Gasteiger partial charge is 0.159 e. The summed E-state index contributed by atoms with van der Waals surface area (Å²) in [6, 6.07) is 6.19. The molecule has 0 saturated carbocycles. The first kappa shape index (κ1) is 17.7. The van der Waals surface area contributed by atoms with Crippen molar-refractivity contribution in [2.45, 2.75) is 32.8 Å². The van der Waals surface area contributed by atoms with E-state index in [-0.39, 0.29) is 0 Å². The summed E-state index contributed by atoms with van der Waals surface area (Å²) in [6.07, 6.45) is 2.78. The van der Waals surface area contributed by atoms with Crippen LogP contribution < -0.4 is 4.90 Å². The monoisotopic (exact) mass is 347 g/mol. The minimum absolute atomic E-state index is 0.404. The lowest BCUT2D eigenvalue weighted by molar-refractivity contribution is 0.177. The van der Waals surface area contributed by atoms with Crippen LogP contribution >= 0.6 is 0 Å². The maximum Gasteiger partial charge on any atom is 0.159 e. The van der Waals surface area contributed by atoms with Crippen LogP contribution in [0, 0.1) is 24.5 Å². The molecular formula is C19H23F2N3O. The molecule has 134 valence electrons. The third-order valence-corrected chi connectivity index (χ3v) is 4.61. The lowest BCUT2D eigenvalue weighted by Crippen LogP contribution is -2.35. The van der Waals surface area contributed by atoms with Gasteiger partial charge in [-0.15, -0.1) is 0 Å². The first-order valence-corrected chi connectivity index (χ1v) is 8.57. The Labute approximate surface area is 146 Å². The van der Waals surface area contributed by atoms with Crippen molar-refractivity contribution in [2.75, 3.05) is 25.1 Å². The van der Waals surface area contributed by atoms with Gasteiger partial charge in [0.05, 0.1) is 0 Å². The normalized spacial score (nSPS) is 15.6. The summed E-state index contributed by atoms with van der Waals surface area (Å²) in [4.78, 5) is 11.2. The minimum atomic E-state index is -0.787. The Kier molecular flexibility index (Phi) is 5.58. The second kappa shape index (κ2) is 7.87. The molecule has 2 aromatic rings. The van der Waals surface area contributed by atoms with Crippen LogP contribution in [0.2, 0.25) is 0 Å². The summed E-state index contributed by atoms with van der Waals surface area (Å²) in [5.74, 6) is 0.552. The molecule has 0 N–H and O–H groups in total. The molecule has 0 radical (unpaired) electrons. The Morgan fingerprint density at radius 3 is 2.56 bits per heavy atom. The molecule has 1 aliphatic rings. The average Bonchev–Trinajstić information content (AvgIpc) is 2.59. The number of aromatic nitrogens is 2. The second-order valence-electron chi connectivity index (χ2n) is 6.60. The molecule has 1 aliphatic heterocycles. The van der Waals surface area contributed by atoms with Crippen molar-refractivity contribution in [3.8, 4) is 0 Å². The number of methoxy groups -OCH3 is 1. The minimum Gasteiger partial charge on any atom is -0.377 e. The fourth-order valence-corrected chi connectivity index (χ4v) is 3.33. The third kappa shape index (κ3) is 4.51. The van der Waals surface area contributed by atoms with E-state index in [1.165, 1.54) is 12.1 Å². The number of ether oxygens (including phenoxy) is 1. The molecule has 1 aromatic heterocycles. The van der Waals surface area contributed by atoms with Crippen molar-refractivity contribution in [2.24, 2.45) is 5.92 Å². The number of nitrogens with zero attached hydrogens (tertiary/aromatic N) is 3. The summed E-state index contributed by atoms with van der Waals surface area (Å²) in [5.41, 5.74) is 1.79. The van der Waals surface area contributed by atoms with Crippen molar-refractivity contribution in [3.63, 3.8) is 0 Å². The van der Waals surface area contributed by atoms with Gasteiger partial charge in [0.2, 0.25) is 0 Å². The molecule has 2 heterocycles. The summed E-state index contributed by atoms with van der Waals surface area (Å²) < 4.78 is 31.5. The molecule has 0 atom stereocenters. The van der Waals surface area contributed by atoms with Crippen molar-refractivity contribution in [1.29, 1.82) is 0 Å². The lowest BCUT2D eigenvalue weighted by Gasteiger charge is -2.33. The molecule has 1 fully saturated rings. The van der Waals surface area contributed by atoms with Gasteiger partial charge in [-0.25, -0.2) is 18.7 Å². The maximum absolute atomic E-state index is 13.3. The Bertz CT molecular complexity index is 731. The zero-order valence-electron chi connectivity index (χ0n) is 14.6. The van der Waals surface area contributed by atoms with E-state index < -0.39 is 11.6 Å². The highest BCUT2D eigenvalue weighted by molar-refractivity contribution is 5.40. The quantitative estimate of drug-likeness (QED) is 0.827. The van der Waals surface area contributed by atoms with E-state index in [1.807, 2.05) is 13.0 Å². The largest absolute Gasteiger partial charge is 0.377 e. The SMILES string of the molecule is COCc1nc(C)cc(N2CCC(Cc3ccc(F)c(F)c3)CC2)n1. The summed E-state index contributed by atoms with van der Waals surface area (Å²) in [6.45, 7) is 4.16. The molecule has 1 aromatic carbocycles. The highest BCUT2D eigenvalue weighted by Gasteiger charge is 2.21. The standard InChI is InChI=1S/C19H23F2N3O/c1-13-9-19(23-18(22-13)12-25-2)24-7-5-14(6-8-24)10-15-3-4-16(20)17(21)11-15/h3-4,9,11,14H,5-8,10,12H2,1-2H3. The van der Waals surface area contributed by atoms with E-state index in [4.69, 9.17) is 4.74 Å². The number of hydrogen-bond donors (Lipinski definition) is 0. The Morgan fingerprint density at radius 1 is 1.12 bits per heavy atom. The van der Waals surface area contributed by atoms with Gasteiger partial charge in [0.25, 0.3) is 0 Å². The molecule has 25 heavy (non-hydrogen) atoms. The van der Waals surface area contributed by atoms with Gasteiger partial charge in [-0.1, -0.05) is 6.07 Å². The fourth-order valence-electron chi connectivity index (χ4n) is 3.33. The number of anilines is 1. The van der Waals surface area contributed by atoms with Gasteiger partial charge in [-0.05, 0) is 49.8 Å². The number of hydrogen-bond acceptors (Lipinski definition) is 4. The number of aryl methyl sites for hydroxylation is 1. The predicted octanol–water partition coefficient (Wildman–Crippen LogP) is 3.67. The van der Waals surface area contributed by atoms with E-state index in [0.717, 1.165) is 49.4 Å². The van der Waals surface area contributed by atoms with Crippen LogP contribution in [0.5, 0.6) is 0 Å². The maximum atomic E-state index is 13.3. The zero-order chi connectivity index (χ0) is 17.8. The van der Waals surface area contributed by atoms with Crippen LogP contribution in [0.15, 0.2) is 24.3 Å². The molecular weight excluding hydrogens is 324 g/mol. The Morgan fingerprint density at radius 2 is 1.88 bits per heavy atom. The van der Waals surface area contributed by atoms with E-state index in [9.17, 15) is 8.78 Å². The molecule has 0 unspecified atom stereocenters. The van der Waals surface area contributed by atoms with Gasteiger partial charge >= 0.3 is 0 Å². The summed E-state index contributed by atoms with van der Waals surface area (Å²) in [7, 11) is 1.63. The summed E-state index contributed by atoms with van der Waals surface area (Å²) >= 11 is 0. The fraction of sp³-hybridized carbons (Fsp3) is 0.474. The Balaban J connectivity index is 1.60. The van der Waals surface area contributed by atoms with Crippen LogP contribution in [-0.2, 0) is 17.8 Å². The van der Waals surface area contributed by atoms with Crippen LogP contribution in [0.1, 0.15) is 29.9 Å². The van der Waals surface area contributed by atoms with Crippen molar-refractivity contribution in [1.82, 2.24) is 9.97 Å². The molecule has 6 heteroatoms. The molecule has 4 nitrogen and oxygen atoms in total. The number of piperidine rings is 1. The van der Waals surface area contributed by atoms with Gasteiger partial charge in [-0.3, -0.25) is 0 Å². The van der Waals surface area contributed by atoms with E-state index >= 15 is 0 Å². The van der Waals surface area contributed by atoms with Gasteiger partial charge in [0, 0.05) is 32.0 Å². The average molecular weight is 347 g/mol. The number of benzene rings is 1. The van der Waals surface area contributed by atoms with Crippen LogP contribution in [0.3, 0.4) is 0 Å². The first-order valence-electron chi connectivity index (χ1n) is 8.57. The van der Waals surface area contributed by atoms with Crippen LogP contribution in [0.4, 0.5) is 14.6 Å². The first-order chi connectivity index (χ1) is 12.0. The highest BCUT2D eigenvalue weighted by atomic mass is 19.2. The van der Waals surface area contributed by atoms with Crippen molar-refractivity contribution < 1.29 is 13.5 Å². The van der Waals surface area contributed by atoms with Gasteiger partial charge in [0.1, 0.15) is 12.4 Å². The van der Waals surface area contributed by atoms with Gasteiger partial charge in [-0.2, -0.15) is 0 Å². The van der Waals surface area contributed by atoms with Gasteiger partial charge < -0.3 is 9.64 Å². The molecule has 3 rings (SSSR count). The molecule has 0 spiro atoms. The zero-order valence-corrected chi connectivity index (χ0v) is 14.6. The van der Waals surface area contributed by atoms with Crippen LogP contribution in [-0.4, -0.2) is 30.2 Å². The van der Waals surface area contributed by atoms with Crippen molar-refractivity contribution in [3.05, 3.63) is 53.0 Å². The molecule has 0 amide bonds. The van der Waals surface area contributed by atoms with E-state index in [0.29, 0.717) is 18.3 Å². The lowest BCUT2D eigenvalue weighted by atomic mass is 9.90. The summed E-state index contributed by atoms with van der Waals surface area (Å²) in [5, 5.41) is 0. The highest BCUT2D eigenvalue weighted by Crippen LogP contribution is 2.25. The molecule has 0 aliphatic carbocycles. The number of rotatable bonds is 5. The Hall–Kier alpha value is -2.08. The van der Waals surface area contributed by atoms with Crippen molar-refractivity contribution >= 4 is 5.82 Å². The second-order valence-corrected chi connectivity index (χ2v) is 6.60. The molecule has 1 saturated heterocycles. The topological polar surface area (TPSA) is 38.2 Å². The van der Waals surface area contributed by atoms with Gasteiger partial charge in [0.15, 0.2) is 17.5 Å². The molecule has 0 bridgehead atoms. The van der Waals surface area contributed by atoms with E-state index in [1.54, 1.807) is 13.2 Å². The van der Waals surface area contributed by atoms with E-state index in [2.05, 4.69) is 14.9 Å². The third-order valence-electron chi connectivity index (χ3n) is 4.61. The van der Waals surface area contributed by atoms with Crippen LogP contribution in [0.25, 0.3) is 0 Å².